The van der Waals surface area contributed by atoms with Crippen molar-refractivity contribution in [3.63, 3.8) is 0 Å². The summed E-state index contributed by atoms with van der Waals surface area (Å²) in [6.45, 7) is 3.75. The third kappa shape index (κ3) is 3.12. The van der Waals surface area contributed by atoms with Crippen molar-refractivity contribution in [3.8, 4) is 0 Å². The number of amides is 1. The number of benzene rings is 2. The standard InChI is InChI=1S/C18H14ClNO3/c1-10-6-11(2)17-14(7-10)15(21)9-16(23-17)18(22)20-13-5-3-4-12(19)8-13/h3-9H,1-2H3,(H,20,22). The second-order valence-electron chi connectivity index (χ2n) is 5.40. The smallest absolute Gasteiger partial charge is 0.291 e. The van der Waals surface area contributed by atoms with Gasteiger partial charge in [-0.15, -0.1) is 0 Å². The van der Waals surface area contributed by atoms with Crippen molar-refractivity contribution in [2.24, 2.45) is 0 Å². The number of nitrogens with one attached hydrogen (secondary N) is 1. The number of carbonyl (C=O) groups is 1. The van der Waals surface area contributed by atoms with E-state index in [4.69, 9.17) is 16.0 Å². The molecule has 1 N–H and O–H groups in total. The summed E-state index contributed by atoms with van der Waals surface area (Å²) in [4.78, 5) is 24.6. The molecule has 1 amide bonds. The quantitative estimate of drug-likeness (QED) is 0.762. The topological polar surface area (TPSA) is 59.3 Å². The maximum absolute atomic E-state index is 12.3. The highest BCUT2D eigenvalue weighted by molar-refractivity contribution is 6.30. The van der Waals surface area contributed by atoms with Gasteiger partial charge in [-0.1, -0.05) is 23.7 Å². The van der Waals surface area contributed by atoms with Crippen LogP contribution in [-0.4, -0.2) is 5.91 Å². The minimum Gasteiger partial charge on any atom is -0.450 e. The number of carbonyl (C=O) groups excluding carboxylic acids is 1. The van der Waals surface area contributed by atoms with E-state index in [0.29, 0.717) is 21.7 Å². The second-order valence-corrected chi connectivity index (χ2v) is 5.83. The summed E-state index contributed by atoms with van der Waals surface area (Å²) in [5, 5.41) is 3.65. The molecule has 0 aliphatic heterocycles. The Kier molecular flexibility index (Phi) is 3.92. The van der Waals surface area contributed by atoms with Gasteiger partial charge in [-0.25, -0.2) is 0 Å². The zero-order chi connectivity index (χ0) is 16.6. The van der Waals surface area contributed by atoms with Gasteiger partial charge in [0, 0.05) is 16.8 Å². The van der Waals surface area contributed by atoms with E-state index >= 15 is 0 Å². The molecular weight excluding hydrogens is 314 g/mol. The van der Waals surface area contributed by atoms with E-state index in [1.54, 1.807) is 30.3 Å². The molecule has 2 aromatic carbocycles. The molecule has 0 saturated carbocycles. The monoisotopic (exact) mass is 327 g/mol. The van der Waals surface area contributed by atoms with E-state index in [1.807, 2.05) is 19.9 Å². The molecule has 0 radical (unpaired) electrons. The van der Waals surface area contributed by atoms with Crippen LogP contribution in [0.3, 0.4) is 0 Å². The Labute approximate surface area is 137 Å². The SMILES string of the molecule is Cc1cc(C)c2oc(C(=O)Nc3cccc(Cl)c3)cc(=O)c2c1. The van der Waals surface area contributed by atoms with Crippen LogP contribution in [0.1, 0.15) is 21.7 Å². The van der Waals surface area contributed by atoms with Crippen LogP contribution in [0.4, 0.5) is 5.69 Å². The van der Waals surface area contributed by atoms with Gasteiger partial charge in [-0.2, -0.15) is 0 Å². The van der Waals surface area contributed by atoms with E-state index in [0.717, 1.165) is 11.1 Å². The van der Waals surface area contributed by atoms with E-state index in [9.17, 15) is 9.59 Å². The van der Waals surface area contributed by atoms with Gasteiger partial charge in [0.25, 0.3) is 5.91 Å². The van der Waals surface area contributed by atoms with Crippen molar-refractivity contribution < 1.29 is 9.21 Å². The Bertz CT molecular complexity index is 976. The summed E-state index contributed by atoms with van der Waals surface area (Å²) >= 11 is 5.89. The molecule has 5 heteroatoms. The fraction of sp³-hybridized carbons (Fsp3) is 0.111. The number of aryl methyl sites for hydroxylation is 2. The zero-order valence-corrected chi connectivity index (χ0v) is 13.4. The van der Waals surface area contributed by atoms with Gasteiger partial charge < -0.3 is 9.73 Å². The van der Waals surface area contributed by atoms with Crippen LogP contribution < -0.4 is 10.7 Å². The summed E-state index contributed by atoms with van der Waals surface area (Å²) in [7, 11) is 0. The molecular formula is C18H14ClNO3. The van der Waals surface area contributed by atoms with E-state index < -0.39 is 5.91 Å². The number of hydrogen-bond acceptors (Lipinski definition) is 3. The Balaban J connectivity index is 2.03. The van der Waals surface area contributed by atoms with Crippen molar-refractivity contribution in [3.05, 3.63) is 74.6 Å². The van der Waals surface area contributed by atoms with Crippen molar-refractivity contribution in [2.45, 2.75) is 13.8 Å². The number of anilines is 1. The summed E-state index contributed by atoms with van der Waals surface area (Å²) in [5.41, 5.74) is 2.51. The zero-order valence-electron chi connectivity index (χ0n) is 12.6. The number of hydrogen-bond donors (Lipinski definition) is 1. The summed E-state index contributed by atoms with van der Waals surface area (Å²) in [5.74, 6) is -0.527. The number of rotatable bonds is 2. The molecule has 0 unspecified atom stereocenters. The lowest BCUT2D eigenvalue weighted by molar-refractivity contribution is 0.0997. The van der Waals surface area contributed by atoms with Gasteiger partial charge in [-0.05, 0) is 49.2 Å². The molecule has 0 fully saturated rings. The van der Waals surface area contributed by atoms with E-state index in [1.165, 1.54) is 6.07 Å². The normalized spacial score (nSPS) is 10.7. The van der Waals surface area contributed by atoms with Crippen molar-refractivity contribution in [1.29, 1.82) is 0 Å². The maximum Gasteiger partial charge on any atom is 0.291 e. The van der Waals surface area contributed by atoms with Gasteiger partial charge in [0.2, 0.25) is 0 Å². The molecule has 4 nitrogen and oxygen atoms in total. The minimum atomic E-state index is -0.494. The number of fused-ring (bicyclic) bond motifs is 1. The number of halogens is 1. The van der Waals surface area contributed by atoms with Crippen LogP contribution >= 0.6 is 11.6 Å². The molecule has 23 heavy (non-hydrogen) atoms. The first-order valence-corrected chi connectivity index (χ1v) is 7.44. The predicted octanol–water partition coefficient (Wildman–Crippen LogP) is 4.32. The second kappa shape index (κ2) is 5.89. The van der Waals surface area contributed by atoms with E-state index in [2.05, 4.69) is 5.32 Å². The Morgan fingerprint density at radius 2 is 1.91 bits per heavy atom. The first-order chi connectivity index (χ1) is 10.9. The molecule has 3 rings (SSSR count). The molecule has 0 aliphatic rings. The Morgan fingerprint density at radius 1 is 1.13 bits per heavy atom. The molecule has 0 spiro atoms. The van der Waals surface area contributed by atoms with Gasteiger partial charge in [0.1, 0.15) is 5.58 Å². The fourth-order valence-electron chi connectivity index (χ4n) is 2.48. The van der Waals surface area contributed by atoms with Crippen LogP contribution in [-0.2, 0) is 0 Å². The van der Waals surface area contributed by atoms with E-state index in [-0.39, 0.29) is 11.2 Å². The lowest BCUT2D eigenvalue weighted by atomic mass is 10.1. The largest absolute Gasteiger partial charge is 0.450 e. The molecule has 0 aliphatic carbocycles. The average Bonchev–Trinajstić information content (AvgIpc) is 2.48. The van der Waals surface area contributed by atoms with Crippen LogP contribution in [0.25, 0.3) is 11.0 Å². The van der Waals surface area contributed by atoms with Gasteiger partial charge in [0.15, 0.2) is 11.2 Å². The summed E-state index contributed by atoms with van der Waals surface area (Å²) in [6, 6.07) is 11.6. The minimum absolute atomic E-state index is 0.0329. The van der Waals surface area contributed by atoms with Crippen molar-refractivity contribution in [1.82, 2.24) is 0 Å². The highest BCUT2D eigenvalue weighted by Crippen LogP contribution is 2.20. The first-order valence-electron chi connectivity index (χ1n) is 7.06. The molecule has 3 aromatic rings. The van der Waals surface area contributed by atoms with Crippen molar-refractivity contribution in [2.75, 3.05) is 5.32 Å². The van der Waals surface area contributed by atoms with Crippen LogP contribution in [0, 0.1) is 13.8 Å². The Morgan fingerprint density at radius 3 is 2.65 bits per heavy atom. The lowest BCUT2D eigenvalue weighted by Gasteiger charge is -2.07. The van der Waals surface area contributed by atoms with Gasteiger partial charge in [-0.3, -0.25) is 9.59 Å². The third-order valence-electron chi connectivity index (χ3n) is 3.46. The predicted molar refractivity (Wildman–Crippen MR) is 91.4 cm³/mol. The molecule has 116 valence electrons. The third-order valence-corrected chi connectivity index (χ3v) is 3.70. The lowest BCUT2D eigenvalue weighted by Crippen LogP contribution is -2.15. The molecule has 0 atom stereocenters. The van der Waals surface area contributed by atoms with Crippen LogP contribution in [0.15, 0.2) is 51.7 Å². The van der Waals surface area contributed by atoms with Crippen LogP contribution in [0.5, 0.6) is 0 Å². The molecule has 1 aromatic heterocycles. The summed E-state index contributed by atoms with van der Waals surface area (Å²) < 4.78 is 5.65. The molecule has 0 bridgehead atoms. The van der Waals surface area contributed by atoms with Crippen LogP contribution in [0.2, 0.25) is 5.02 Å². The summed E-state index contributed by atoms with van der Waals surface area (Å²) in [6.07, 6.45) is 0. The average molecular weight is 328 g/mol. The van der Waals surface area contributed by atoms with Crippen molar-refractivity contribution >= 4 is 34.2 Å². The van der Waals surface area contributed by atoms with Gasteiger partial charge >= 0.3 is 0 Å². The first kappa shape index (κ1) is 15.3. The molecule has 1 heterocycles. The highest BCUT2D eigenvalue weighted by Gasteiger charge is 2.14. The Hall–Kier alpha value is -2.59. The fourth-order valence-corrected chi connectivity index (χ4v) is 2.67. The maximum atomic E-state index is 12.3. The highest BCUT2D eigenvalue weighted by atomic mass is 35.5. The van der Waals surface area contributed by atoms with Gasteiger partial charge in [0.05, 0.1) is 5.39 Å². The molecule has 0 saturated heterocycles.